The summed E-state index contributed by atoms with van der Waals surface area (Å²) in [4.78, 5) is 12.5. The number of hydrogen-bond donors (Lipinski definition) is 2. The minimum atomic E-state index is -3.54. The van der Waals surface area contributed by atoms with Crippen LogP contribution in [0.4, 0.5) is 0 Å². The fraction of sp³-hybridized carbons (Fsp3) is 0.562. The van der Waals surface area contributed by atoms with Crippen LogP contribution in [-0.4, -0.2) is 43.8 Å². The van der Waals surface area contributed by atoms with Crippen molar-refractivity contribution in [3.8, 4) is 0 Å². The molecule has 1 aromatic carbocycles. The van der Waals surface area contributed by atoms with Crippen molar-refractivity contribution in [1.82, 2.24) is 9.62 Å². The summed E-state index contributed by atoms with van der Waals surface area (Å²) in [5, 5.41) is 2.82. The second-order valence-electron chi connectivity index (χ2n) is 6.72. The average Bonchev–Trinajstić information content (AvgIpc) is 2.53. The molecule has 0 bridgehead atoms. The van der Waals surface area contributed by atoms with Crippen LogP contribution in [0.15, 0.2) is 35.2 Å². The highest BCUT2D eigenvalue weighted by atomic mass is 35.5. The average molecular weight is 376 g/mol. The van der Waals surface area contributed by atoms with Gasteiger partial charge in [0, 0.05) is 25.2 Å². The second kappa shape index (κ2) is 8.29. The van der Waals surface area contributed by atoms with Crippen molar-refractivity contribution in [2.45, 2.75) is 37.1 Å². The molecule has 6 nitrogen and oxygen atoms in total. The first kappa shape index (κ1) is 20.9. The smallest absolute Gasteiger partial charge is 0.243 e. The molecule has 1 fully saturated rings. The van der Waals surface area contributed by atoms with Crippen molar-refractivity contribution < 1.29 is 13.2 Å². The van der Waals surface area contributed by atoms with E-state index in [0.717, 1.165) is 0 Å². The Morgan fingerprint density at radius 3 is 2.54 bits per heavy atom. The largest absolute Gasteiger partial charge is 0.354 e. The number of rotatable bonds is 5. The fourth-order valence-corrected chi connectivity index (χ4v) is 4.12. The Bertz CT molecular complexity index is 644. The zero-order chi connectivity index (χ0) is 17.1. The molecule has 0 radical (unpaired) electrons. The maximum Gasteiger partial charge on any atom is 0.243 e. The van der Waals surface area contributed by atoms with E-state index in [4.69, 9.17) is 5.73 Å². The molecular formula is C16H26ClN3O3S. The number of sulfonamides is 1. The molecular weight excluding hydrogens is 350 g/mol. The van der Waals surface area contributed by atoms with Gasteiger partial charge in [0.25, 0.3) is 0 Å². The molecule has 1 aliphatic heterocycles. The van der Waals surface area contributed by atoms with E-state index in [1.165, 1.54) is 4.31 Å². The van der Waals surface area contributed by atoms with E-state index < -0.39 is 15.6 Å². The van der Waals surface area contributed by atoms with E-state index in [-0.39, 0.29) is 35.7 Å². The van der Waals surface area contributed by atoms with Crippen LogP contribution < -0.4 is 11.1 Å². The van der Waals surface area contributed by atoms with E-state index >= 15 is 0 Å². The predicted molar refractivity (Wildman–Crippen MR) is 96.4 cm³/mol. The van der Waals surface area contributed by atoms with Gasteiger partial charge in [-0.1, -0.05) is 18.2 Å². The molecule has 1 heterocycles. The van der Waals surface area contributed by atoms with Crippen LogP contribution in [0.2, 0.25) is 0 Å². The molecule has 136 valence electrons. The predicted octanol–water partition coefficient (Wildman–Crippen LogP) is 1.36. The Balaban J connectivity index is 0.00000288. The number of carbonyl (C=O) groups excluding carboxylic acids is 1. The summed E-state index contributed by atoms with van der Waals surface area (Å²) in [5.74, 6) is -0.457. The van der Waals surface area contributed by atoms with Crippen LogP contribution in [0.1, 0.15) is 26.7 Å². The molecule has 0 aromatic heterocycles. The second-order valence-corrected chi connectivity index (χ2v) is 8.66. The number of nitrogens with one attached hydrogen (secondary N) is 1. The van der Waals surface area contributed by atoms with E-state index in [1.807, 2.05) is 13.8 Å². The standard InChI is InChI=1S/C16H25N3O3S.ClH/c1-16(2,17)12-18-15(20)13-7-6-10-19(11-13)23(21,22)14-8-4-3-5-9-14;/h3-5,8-9,13H,6-7,10-12,17H2,1-2H3,(H,18,20);1H. The zero-order valence-corrected chi connectivity index (χ0v) is 15.7. The lowest BCUT2D eigenvalue weighted by Gasteiger charge is -2.31. The summed E-state index contributed by atoms with van der Waals surface area (Å²) in [6.07, 6.45) is 1.37. The SMILES string of the molecule is CC(C)(N)CNC(=O)C1CCCN(S(=O)(=O)c2ccccc2)C1.Cl. The van der Waals surface area contributed by atoms with Crippen LogP contribution >= 0.6 is 12.4 Å². The minimum absolute atomic E-state index is 0. The Morgan fingerprint density at radius 1 is 1.33 bits per heavy atom. The van der Waals surface area contributed by atoms with Crippen molar-refractivity contribution in [3.05, 3.63) is 30.3 Å². The van der Waals surface area contributed by atoms with Gasteiger partial charge < -0.3 is 11.1 Å². The van der Waals surface area contributed by atoms with Crippen molar-refractivity contribution in [2.75, 3.05) is 19.6 Å². The molecule has 0 saturated carbocycles. The molecule has 1 saturated heterocycles. The normalized spacial score (nSPS) is 19.4. The maximum atomic E-state index is 12.6. The number of carbonyl (C=O) groups is 1. The maximum absolute atomic E-state index is 12.6. The van der Waals surface area contributed by atoms with Gasteiger partial charge in [-0.3, -0.25) is 4.79 Å². The number of piperidine rings is 1. The van der Waals surface area contributed by atoms with Crippen LogP contribution in [0.5, 0.6) is 0 Å². The molecule has 1 atom stereocenters. The molecule has 24 heavy (non-hydrogen) atoms. The molecule has 1 unspecified atom stereocenters. The molecule has 8 heteroatoms. The third kappa shape index (κ3) is 5.44. The number of halogens is 1. The van der Waals surface area contributed by atoms with Gasteiger partial charge in [0.15, 0.2) is 0 Å². The van der Waals surface area contributed by atoms with Crippen LogP contribution in [0, 0.1) is 5.92 Å². The summed E-state index contributed by atoms with van der Waals surface area (Å²) < 4.78 is 26.7. The number of nitrogens with zero attached hydrogens (tertiary/aromatic N) is 1. The van der Waals surface area contributed by atoms with E-state index in [9.17, 15) is 13.2 Å². The Kier molecular flexibility index (Phi) is 7.22. The van der Waals surface area contributed by atoms with Crippen molar-refractivity contribution in [1.29, 1.82) is 0 Å². The third-order valence-electron chi connectivity index (χ3n) is 3.85. The van der Waals surface area contributed by atoms with Gasteiger partial charge >= 0.3 is 0 Å². The van der Waals surface area contributed by atoms with Crippen LogP contribution in [0.3, 0.4) is 0 Å². The first-order chi connectivity index (χ1) is 10.7. The van der Waals surface area contributed by atoms with Gasteiger partial charge in [-0.2, -0.15) is 4.31 Å². The van der Waals surface area contributed by atoms with Gasteiger partial charge in [0.1, 0.15) is 0 Å². The highest BCUT2D eigenvalue weighted by Gasteiger charge is 2.33. The van der Waals surface area contributed by atoms with Gasteiger partial charge in [0.2, 0.25) is 15.9 Å². The van der Waals surface area contributed by atoms with Crippen LogP contribution in [-0.2, 0) is 14.8 Å². The Labute approximate surface area is 150 Å². The van der Waals surface area contributed by atoms with E-state index in [2.05, 4.69) is 5.32 Å². The minimum Gasteiger partial charge on any atom is -0.354 e. The van der Waals surface area contributed by atoms with Crippen LogP contribution in [0.25, 0.3) is 0 Å². The van der Waals surface area contributed by atoms with E-state index in [1.54, 1.807) is 30.3 Å². The number of benzene rings is 1. The summed E-state index contributed by atoms with van der Waals surface area (Å²) in [6, 6.07) is 8.33. The van der Waals surface area contributed by atoms with Gasteiger partial charge in [-0.25, -0.2) is 8.42 Å². The molecule has 2 rings (SSSR count). The zero-order valence-electron chi connectivity index (χ0n) is 14.1. The Hall–Kier alpha value is -1.15. The monoisotopic (exact) mass is 375 g/mol. The summed E-state index contributed by atoms with van der Waals surface area (Å²) in [5.41, 5.74) is 5.38. The number of amides is 1. The number of hydrogen-bond acceptors (Lipinski definition) is 4. The fourth-order valence-electron chi connectivity index (χ4n) is 2.58. The lowest BCUT2D eigenvalue weighted by molar-refractivity contribution is -0.126. The third-order valence-corrected chi connectivity index (χ3v) is 5.73. The molecule has 0 aliphatic carbocycles. The Morgan fingerprint density at radius 2 is 1.96 bits per heavy atom. The molecule has 3 N–H and O–H groups in total. The van der Waals surface area contributed by atoms with Crippen molar-refractivity contribution >= 4 is 28.3 Å². The summed E-state index contributed by atoms with van der Waals surface area (Å²) >= 11 is 0. The molecule has 0 spiro atoms. The summed E-state index contributed by atoms with van der Waals surface area (Å²) in [7, 11) is -3.54. The van der Waals surface area contributed by atoms with Crippen molar-refractivity contribution in [2.24, 2.45) is 11.7 Å². The molecule has 1 aliphatic rings. The molecule has 1 amide bonds. The number of nitrogens with two attached hydrogens (primary N) is 1. The summed E-state index contributed by atoms with van der Waals surface area (Å²) in [6.45, 7) is 4.70. The molecule has 1 aromatic rings. The van der Waals surface area contributed by atoms with E-state index in [0.29, 0.717) is 25.9 Å². The lowest BCUT2D eigenvalue weighted by Crippen LogP contribution is -2.50. The van der Waals surface area contributed by atoms with Crippen molar-refractivity contribution in [3.63, 3.8) is 0 Å². The first-order valence-corrected chi connectivity index (χ1v) is 9.26. The topological polar surface area (TPSA) is 92.5 Å². The first-order valence-electron chi connectivity index (χ1n) is 7.82. The van der Waals surface area contributed by atoms with Gasteiger partial charge in [0.05, 0.1) is 10.8 Å². The lowest BCUT2D eigenvalue weighted by atomic mass is 9.98. The highest BCUT2D eigenvalue weighted by Crippen LogP contribution is 2.23. The quantitative estimate of drug-likeness (QED) is 0.812. The highest BCUT2D eigenvalue weighted by molar-refractivity contribution is 7.89. The van der Waals surface area contributed by atoms with Gasteiger partial charge in [-0.05, 0) is 38.8 Å². The van der Waals surface area contributed by atoms with Gasteiger partial charge in [-0.15, -0.1) is 12.4 Å².